The van der Waals surface area contributed by atoms with Crippen molar-refractivity contribution in [3.8, 4) is 11.4 Å². The van der Waals surface area contributed by atoms with E-state index in [0.29, 0.717) is 0 Å². The van der Waals surface area contributed by atoms with Crippen molar-refractivity contribution in [2.24, 2.45) is 0 Å². The molecule has 39 heavy (non-hydrogen) atoms. The van der Waals surface area contributed by atoms with Crippen molar-refractivity contribution in [1.29, 1.82) is 0 Å². The first kappa shape index (κ1) is 26.2. The van der Waals surface area contributed by atoms with E-state index < -0.39 is 0 Å². The van der Waals surface area contributed by atoms with E-state index in [1.807, 2.05) is 6.20 Å². The van der Waals surface area contributed by atoms with Crippen LogP contribution < -0.4 is 10.2 Å². The maximum atomic E-state index is 5.12. The zero-order chi connectivity index (χ0) is 26.4. The number of nitrogens with one attached hydrogen (secondary N) is 1. The van der Waals surface area contributed by atoms with Gasteiger partial charge in [0.2, 0.25) is 0 Å². The third kappa shape index (κ3) is 6.57. The second-order valence-corrected chi connectivity index (χ2v) is 11.3. The zero-order valence-corrected chi connectivity index (χ0v) is 23.4. The van der Waals surface area contributed by atoms with Crippen LogP contribution in [-0.4, -0.2) is 95.6 Å². The molecule has 2 saturated heterocycles. The van der Waals surface area contributed by atoms with Crippen molar-refractivity contribution in [1.82, 2.24) is 29.7 Å². The van der Waals surface area contributed by atoms with Gasteiger partial charge in [-0.25, -0.2) is 15.0 Å². The number of pyridine rings is 1. The summed E-state index contributed by atoms with van der Waals surface area (Å²) in [5.41, 5.74) is 4.76. The molecule has 3 aliphatic rings. The molecule has 8 nitrogen and oxygen atoms in total. The van der Waals surface area contributed by atoms with Crippen molar-refractivity contribution in [3.05, 3.63) is 65.5 Å². The van der Waals surface area contributed by atoms with Gasteiger partial charge in [0.25, 0.3) is 0 Å². The van der Waals surface area contributed by atoms with Gasteiger partial charge in [-0.2, -0.15) is 0 Å². The van der Waals surface area contributed by atoms with Crippen molar-refractivity contribution in [3.63, 3.8) is 0 Å². The summed E-state index contributed by atoms with van der Waals surface area (Å²) < 4.78 is 0. The lowest BCUT2D eigenvalue weighted by Gasteiger charge is -2.33. The number of nitrogens with zero attached hydrogens (tertiary/aromatic N) is 7. The highest BCUT2D eigenvalue weighted by molar-refractivity contribution is 5.61. The fourth-order valence-electron chi connectivity index (χ4n) is 5.99. The summed E-state index contributed by atoms with van der Waals surface area (Å²) in [6.45, 7) is 11.6. The third-order valence-corrected chi connectivity index (χ3v) is 8.37. The number of rotatable bonds is 9. The van der Waals surface area contributed by atoms with E-state index in [1.54, 1.807) is 0 Å². The van der Waals surface area contributed by atoms with Crippen molar-refractivity contribution < 1.29 is 0 Å². The molecule has 0 amide bonds. The Morgan fingerprint density at radius 1 is 0.846 bits per heavy atom. The van der Waals surface area contributed by atoms with Gasteiger partial charge >= 0.3 is 0 Å². The van der Waals surface area contributed by atoms with Crippen LogP contribution in [0.4, 0.5) is 11.6 Å². The van der Waals surface area contributed by atoms with E-state index in [2.05, 4.69) is 74.4 Å². The molecular formula is C31H42N8. The van der Waals surface area contributed by atoms with E-state index in [9.17, 15) is 0 Å². The molecule has 2 aromatic heterocycles. The molecule has 206 valence electrons. The number of likely N-dealkylation sites (tertiary alicyclic amines) is 1. The molecule has 5 heterocycles. The predicted molar refractivity (Wildman–Crippen MR) is 158 cm³/mol. The van der Waals surface area contributed by atoms with Crippen LogP contribution in [0.5, 0.6) is 0 Å². The Morgan fingerprint density at radius 3 is 2.44 bits per heavy atom. The highest BCUT2D eigenvalue weighted by Crippen LogP contribution is 2.28. The second-order valence-electron chi connectivity index (χ2n) is 11.3. The average Bonchev–Trinajstić information content (AvgIpc) is 3.50. The van der Waals surface area contributed by atoms with Gasteiger partial charge in [-0.15, -0.1) is 0 Å². The molecule has 6 rings (SSSR count). The van der Waals surface area contributed by atoms with Gasteiger partial charge in [-0.3, -0.25) is 4.90 Å². The van der Waals surface area contributed by atoms with Gasteiger partial charge in [0.05, 0.1) is 5.69 Å². The molecule has 1 aromatic carbocycles. The monoisotopic (exact) mass is 526 g/mol. The Morgan fingerprint density at radius 2 is 1.67 bits per heavy atom. The van der Waals surface area contributed by atoms with Gasteiger partial charge < -0.3 is 20.0 Å². The van der Waals surface area contributed by atoms with E-state index >= 15 is 0 Å². The van der Waals surface area contributed by atoms with Gasteiger partial charge in [-0.1, -0.05) is 30.3 Å². The lowest BCUT2D eigenvalue weighted by Crippen LogP contribution is -2.44. The van der Waals surface area contributed by atoms with Crippen LogP contribution in [0, 0.1) is 0 Å². The summed E-state index contributed by atoms with van der Waals surface area (Å²) in [6.07, 6.45) is 6.75. The molecule has 3 aromatic rings. The van der Waals surface area contributed by atoms with Gasteiger partial charge in [0.1, 0.15) is 11.6 Å². The molecule has 0 saturated carbocycles. The molecule has 3 aliphatic heterocycles. The number of anilines is 2. The van der Waals surface area contributed by atoms with Crippen molar-refractivity contribution >= 4 is 11.6 Å². The molecule has 0 radical (unpaired) electrons. The molecule has 0 aliphatic carbocycles. The first-order valence-corrected chi connectivity index (χ1v) is 14.7. The maximum absolute atomic E-state index is 5.12. The number of likely N-dealkylation sites (N-methyl/N-ethyl adjacent to an activating group) is 1. The van der Waals surface area contributed by atoms with Crippen LogP contribution in [0.3, 0.4) is 0 Å². The Kier molecular flexibility index (Phi) is 8.33. The molecule has 0 atom stereocenters. The quantitative estimate of drug-likeness (QED) is 0.423. The van der Waals surface area contributed by atoms with Gasteiger partial charge in [-0.05, 0) is 70.1 Å². The summed E-state index contributed by atoms with van der Waals surface area (Å²) in [5, 5.41) is 3.71. The first-order chi connectivity index (χ1) is 19.2. The highest BCUT2D eigenvalue weighted by Gasteiger charge is 2.23. The van der Waals surface area contributed by atoms with E-state index in [4.69, 9.17) is 15.0 Å². The second kappa shape index (κ2) is 12.4. The summed E-state index contributed by atoms with van der Waals surface area (Å²) in [6, 6.07) is 15.0. The minimum atomic E-state index is 0.773. The standard InChI is InChI=1S/C31H42N8/c1-36-18-20-39(21-19-36)29-11-10-26(22-33-29)30-34-28-24-38(23-25-8-3-2-4-9-25)17-12-27(28)31(35-30)32-13-7-16-37-14-5-6-15-37/h2-4,8-11,22H,5-7,12-21,23-24H2,1H3,(H,32,34,35). The Bertz CT molecular complexity index is 1200. The molecule has 0 unspecified atom stereocenters. The summed E-state index contributed by atoms with van der Waals surface area (Å²) in [7, 11) is 2.18. The van der Waals surface area contributed by atoms with Crippen LogP contribution in [0.25, 0.3) is 11.4 Å². The van der Waals surface area contributed by atoms with Crippen molar-refractivity contribution in [2.45, 2.75) is 38.8 Å². The molecule has 0 spiro atoms. The molecule has 1 N–H and O–H groups in total. The zero-order valence-electron chi connectivity index (χ0n) is 23.4. The molecule has 0 bridgehead atoms. The number of benzene rings is 1. The smallest absolute Gasteiger partial charge is 0.163 e. The number of hydrogen-bond donors (Lipinski definition) is 1. The van der Waals surface area contributed by atoms with Crippen LogP contribution >= 0.6 is 0 Å². The normalized spacial score (nSPS) is 18.8. The molecular weight excluding hydrogens is 484 g/mol. The number of hydrogen-bond acceptors (Lipinski definition) is 8. The van der Waals surface area contributed by atoms with Crippen molar-refractivity contribution in [2.75, 3.05) is 76.2 Å². The lowest BCUT2D eigenvalue weighted by atomic mass is 10.0. The SMILES string of the molecule is CN1CCN(c2ccc(-c3nc4c(c(NCCCN5CCCC5)n3)CCN(Cc3ccccc3)C4)cn2)CC1. The number of aromatic nitrogens is 3. The third-order valence-electron chi connectivity index (χ3n) is 8.37. The highest BCUT2D eigenvalue weighted by atomic mass is 15.3. The predicted octanol–water partition coefficient (Wildman–Crippen LogP) is 3.75. The van der Waals surface area contributed by atoms with E-state index in [-0.39, 0.29) is 0 Å². The molecule has 8 heteroatoms. The number of fused-ring (bicyclic) bond motifs is 1. The minimum absolute atomic E-state index is 0.773. The summed E-state index contributed by atoms with van der Waals surface area (Å²) in [5.74, 6) is 2.83. The van der Waals surface area contributed by atoms with E-state index in [1.165, 1.54) is 37.1 Å². The average molecular weight is 527 g/mol. The Hall–Kier alpha value is -3.07. The topological polar surface area (TPSA) is 63.7 Å². The van der Waals surface area contributed by atoms with Gasteiger partial charge in [0.15, 0.2) is 5.82 Å². The first-order valence-electron chi connectivity index (χ1n) is 14.7. The van der Waals surface area contributed by atoms with Crippen LogP contribution in [0.1, 0.15) is 36.1 Å². The maximum Gasteiger partial charge on any atom is 0.163 e. The fourth-order valence-corrected chi connectivity index (χ4v) is 5.99. The fraction of sp³-hybridized carbons (Fsp3) is 0.516. The largest absolute Gasteiger partial charge is 0.370 e. The Balaban J connectivity index is 1.20. The van der Waals surface area contributed by atoms with Crippen LogP contribution in [0.2, 0.25) is 0 Å². The summed E-state index contributed by atoms with van der Waals surface area (Å²) in [4.78, 5) is 24.8. The van der Waals surface area contributed by atoms with Gasteiger partial charge in [0, 0.05) is 69.7 Å². The Labute approximate surface area is 233 Å². The van der Waals surface area contributed by atoms with E-state index in [0.717, 1.165) is 100 Å². The van der Waals surface area contributed by atoms with Crippen LogP contribution in [-0.2, 0) is 19.5 Å². The molecule has 2 fully saturated rings. The summed E-state index contributed by atoms with van der Waals surface area (Å²) >= 11 is 0. The number of piperazine rings is 1. The van der Waals surface area contributed by atoms with Crippen LogP contribution in [0.15, 0.2) is 48.7 Å². The lowest BCUT2D eigenvalue weighted by molar-refractivity contribution is 0.241. The minimum Gasteiger partial charge on any atom is -0.370 e.